The number of hydrogen-bond donors (Lipinski definition) is 3. The van der Waals surface area contributed by atoms with Gasteiger partial charge < -0.3 is 30.7 Å². The third-order valence-corrected chi connectivity index (χ3v) is 6.04. The van der Waals surface area contributed by atoms with Crippen molar-refractivity contribution in [1.29, 1.82) is 0 Å². The summed E-state index contributed by atoms with van der Waals surface area (Å²) in [4.78, 5) is 42.3. The first-order valence-corrected chi connectivity index (χ1v) is 11.3. The van der Waals surface area contributed by atoms with Gasteiger partial charge in [-0.25, -0.2) is 4.79 Å². The van der Waals surface area contributed by atoms with Gasteiger partial charge in [0.1, 0.15) is 0 Å². The highest BCUT2D eigenvalue weighted by Gasteiger charge is 2.22. The molecule has 0 bridgehead atoms. The highest BCUT2D eigenvalue weighted by Crippen LogP contribution is 2.29. The van der Waals surface area contributed by atoms with Crippen molar-refractivity contribution in [2.45, 2.75) is 0 Å². The molecule has 2 aliphatic rings. The molecule has 2 aliphatic heterocycles. The van der Waals surface area contributed by atoms with E-state index in [1.54, 1.807) is 23.1 Å². The van der Waals surface area contributed by atoms with Crippen LogP contribution in [-0.4, -0.2) is 75.1 Å². The van der Waals surface area contributed by atoms with E-state index in [0.29, 0.717) is 36.9 Å². The number of para-hydroxylation sites is 1. The van der Waals surface area contributed by atoms with Gasteiger partial charge in [-0.05, 0) is 30.3 Å². The number of carbonyl (C=O) groups excluding carboxylic acids is 3. The van der Waals surface area contributed by atoms with Crippen LogP contribution in [0, 0.1) is 0 Å². The second-order valence-corrected chi connectivity index (χ2v) is 8.36. The number of carbonyl (C=O) groups is 3. The molecular formula is C23H27ClN6O3. The van der Waals surface area contributed by atoms with Gasteiger partial charge in [-0.3, -0.25) is 9.59 Å². The lowest BCUT2D eigenvalue weighted by Gasteiger charge is -2.36. The molecule has 0 unspecified atom stereocenters. The van der Waals surface area contributed by atoms with E-state index in [1.807, 2.05) is 23.1 Å². The lowest BCUT2D eigenvalue weighted by atomic mass is 10.2. The summed E-state index contributed by atoms with van der Waals surface area (Å²) in [5, 5.41) is 8.52. The summed E-state index contributed by atoms with van der Waals surface area (Å²) in [6, 6.07) is 14.8. The van der Waals surface area contributed by atoms with Gasteiger partial charge in [0.2, 0.25) is 11.8 Å². The SMILES string of the molecule is O=C1CN(c2ccc(NC(=O)NCC(=O)N3CCN(c4ccccc4)CC3)cc2Cl)CCN1. The van der Waals surface area contributed by atoms with Gasteiger partial charge in [0, 0.05) is 50.6 Å². The van der Waals surface area contributed by atoms with Crippen LogP contribution in [0.5, 0.6) is 0 Å². The van der Waals surface area contributed by atoms with E-state index >= 15 is 0 Å². The molecule has 4 amide bonds. The van der Waals surface area contributed by atoms with E-state index in [1.165, 1.54) is 0 Å². The maximum absolute atomic E-state index is 12.5. The topological polar surface area (TPSA) is 97.0 Å². The van der Waals surface area contributed by atoms with E-state index in [9.17, 15) is 14.4 Å². The van der Waals surface area contributed by atoms with Crippen molar-refractivity contribution in [2.75, 3.05) is 67.5 Å². The van der Waals surface area contributed by atoms with Crippen molar-refractivity contribution < 1.29 is 14.4 Å². The molecule has 0 radical (unpaired) electrons. The summed E-state index contributed by atoms with van der Waals surface area (Å²) in [6.07, 6.45) is 0. The summed E-state index contributed by atoms with van der Waals surface area (Å²) in [7, 11) is 0. The second kappa shape index (κ2) is 10.4. The molecule has 2 aromatic carbocycles. The van der Waals surface area contributed by atoms with Crippen LogP contribution >= 0.6 is 11.6 Å². The van der Waals surface area contributed by atoms with Crippen LogP contribution in [0.4, 0.5) is 21.9 Å². The normalized spacial score (nSPS) is 16.3. The molecular weight excluding hydrogens is 444 g/mol. The fourth-order valence-corrected chi connectivity index (χ4v) is 4.28. The first-order chi connectivity index (χ1) is 16.0. The lowest BCUT2D eigenvalue weighted by Crippen LogP contribution is -2.51. The Balaban J connectivity index is 1.23. The van der Waals surface area contributed by atoms with E-state index in [4.69, 9.17) is 11.6 Å². The van der Waals surface area contributed by atoms with Gasteiger partial charge in [-0.2, -0.15) is 0 Å². The highest BCUT2D eigenvalue weighted by atomic mass is 35.5. The molecule has 9 nitrogen and oxygen atoms in total. The number of benzene rings is 2. The lowest BCUT2D eigenvalue weighted by molar-refractivity contribution is -0.130. The van der Waals surface area contributed by atoms with Gasteiger partial charge in [-0.1, -0.05) is 29.8 Å². The molecule has 2 fully saturated rings. The number of hydrogen-bond acceptors (Lipinski definition) is 5. The molecule has 2 aromatic rings. The largest absolute Gasteiger partial charge is 0.368 e. The molecule has 3 N–H and O–H groups in total. The Bertz CT molecular complexity index is 1010. The minimum absolute atomic E-state index is 0.0509. The molecule has 0 aromatic heterocycles. The number of amides is 4. The van der Waals surface area contributed by atoms with Crippen molar-refractivity contribution in [1.82, 2.24) is 15.5 Å². The molecule has 4 rings (SSSR count). The number of rotatable bonds is 5. The van der Waals surface area contributed by atoms with E-state index in [2.05, 4.69) is 33.0 Å². The van der Waals surface area contributed by atoms with E-state index in [0.717, 1.165) is 24.5 Å². The number of halogens is 1. The van der Waals surface area contributed by atoms with Gasteiger partial charge in [0.05, 0.1) is 23.8 Å². The third kappa shape index (κ3) is 5.87. The smallest absolute Gasteiger partial charge is 0.319 e. The van der Waals surface area contributed by atoms with E-state index in [-0.39, 0.29) is 24.9 Å². The Morgan fingerprint density at radius 2 is 1.73 bits per heavy atom. The maximum Gasteiger partial charge on any atom is 0.319 e. The Kier molecular flexibility index (Phi) is 7.19. The molecule has 0 atom stereocenters. The summed E-state index contributed by atoms with van der Waals surface area (Å²) in [5.74, 6) is -0.167. The van der Waals surface area contributed by atoms with Crippen LogP contribution in [0.3, 0.4) is 0 Å². The number of nitrogens with zero attached hydrogens (tertiary/aromatic N) is 3. The van der Waals surface area contributed by atoms with Gasteiger partial charge in [-0.15, -0.1) is 0 Å². The number of piperazine rings is 2. The van der Waals surface area contributed by atoms with E-state index < -0.39 is 6.03 Å². The molecule has 0 aliphatic carbocycles. The Labute approximate surface area is 197 Å². The van der Waals surface area contributed by atoms with Gasteiger partial charge >= 0.3 is 6.03 Å². The number of urea groups is 1. The van der Waals surface area contributed by atoms with Crippen molar-refractivity contribution >= 4 is 46.5 Å². The number of anilines is 3. The molecule has 10 heteroatoms. The maximum atomic E-state index is 12.5. The average Bonchev–Trinajstić information content (AvgIpc) is 2.83. The fourth-order valence-electron chi connectivity index (χ4n) is 3.98. The Morgan fingerprint density at radius 3 is 2.42 bits per heavy atom. The first-order valence-electron chi connectivity index (χ1n) is 10.9. The Hall–Kier alpha value is -3.46. The summed E-state index contributed by atoms with van der Waals surface area (Å²) >= 11 is 6.37. The van der Waals surface area contributed by atoms with Crippen LogP contribution in [0.25, 0.3) is 0 Å². The van der Waals surface area contributed by atoms with Crippen molar-refractivity contribution in [3.8, 4) is 0 Å². The zero-order valence-corrected chi connectivity index (χ0v) is 19.0. The molecule has 0 saturated carbocycles. The summed E-state index contributed by atoms with van der Waals surface area (Å²) < 4.78 is 0. The van der Waals surface area contributed by atoms with Crippen molar-refractivity contribution in [3.05, 3.63) is 53.6 Å². The zero-order valence-electron chi connectivity index (χ0n) is 18.2. The quantitative estimate of drug-likeness (QED) is 0.618. The fraction of sp³-hybridized carbons (Fsp3) is 0.348. The van der Waals surface area contributed by atoms with Gasteiger partial charge in [0.15, 0.2) is 0 Å². The number of nitrogens with one attached hydrogen (secondary N) is 3. The minimum atomic E-state index is -0.479. The van der Waals surface area contributed by atoms with Crippen LogP contribution < -0.4 is 25.8 Å². The predicted octanol–water partition coefficient (Wildman–Crippen LogP) is 1.75. The molecule has 0 spiro atoms. The van der Waals surface area contributed by atoms with Crippen LogP contribution in [-0.2, 0) is 9.59 Å². The summed E-state index contributed by atoms with van der Waals surface area (Å²) in [6.45, 7) is 4.14. The standard InChI is InChI=1S/C23H27ClN6O3/c24-19-14-17(6-7-20(19)30-9-8-25-21(31)16-30)27-23(33)26-15-22(32)29-12-10-28(11-13-29)18-4-2-1-3-5-18/h1-7,14H,8-13,15-16H2,(H,25,31)(H2,26,27,33). The zero-order chi connectivity index (χ0) is 23.2. The monoisotopic (exact) mass is 470 g/mol. The van der Waals surface area contributed by atoms with Crippen molar-refractivity contribution in [2.24, 2.45) is 0 Å². The molecule has 2 heterocycles. The average molecular weight is 471 g/mol. The van der Waals surface area contributed by atoms with Gasteiger partial charge in [0.25, 0.3) is 0 Å². The summed E-state index contributed by atoms with van der Waals surface area (Å²) in [5.41, 5.74) is 2.39. The predicted molar refractivity (Wildman–Crippen MR) is 129 cm³/mol. The minimum Gasteiger partial charge on any atom is -0.368 e. The second-order valence-electron chi connectivity index (χ2n) is 7.95. The van der Waals surface area contributed by atoms with Crippen LogP contribution in [0.15, 0.2) is 48.5 Å². The van der Waals surface area contributed by atoms with Crippen LogP contribution in [0.2, 0.25) is 5.02 Å². The van der Waals surface area contributed by atoms with Crippen molar-refractivity contribution in [3.63, 3.8) is 0 Å². The molecule has 174 valence electrons. The Morgan fingerprint density at radius 1 is 0.970 bits per heavy atom. The first kappa shape index (κ1) is 22.7. The molecule has 33 heavy (non-hydrogen) atoms. The van der Waals surface area contributed by atoms with Crippen LogP contribution in [0.1, 0.15) is 0 Å². The molecule has 2 saturated heterocycles. The third-order valence-electron chi connectivity index (χ3n) is 5.74. The highest BCUT2D eigenvalue weighted by molar-refractivity contribution is 6.33.